The third-order valence-corrected chi connectivity index (χ3v) is 3.28. The molecule has 0 radical (unpaired) electrons. The van der Waals surface area contributed by atoms with E-state index in [2.05, 4.69) is 10.6 Å². The van der Waals surface area contributed by atoms with Crippen LogP contribution in [0.5, 0.6) is 11.5 Å². The monoisotopic (exact) mass is 284 g/mol. The average molecular weight is 284 g/mol. The lowest BCUT2D eigenvalue weighted by molar-refractivity contribution is 0.174. The Balaban J connectivity index is 1.61. The molecule has 0 saturated heterocycles. The van der Waals surface area contributed by atoms with Gasteiger partial charge in [-0.3, -0.25) is 0 Å². The van der Waals surface area contributed by atoms with E-state index in [9.17, 15) is 4.79 Å². The van der Waals surface area contributed by atoms with Gasteiger partial charge < -0.3 is 20.1 Å². The van der Waals surface area contributed by atoms with Crippen LogP contribution in [0.3, 0.4) is 0 Å². The second kappa shape index (κ2) is 5.75. The maximum Gasteiger partial charge on any atom is 0.319 e. The first kappa shape index (κ1) is 13.3. The van der Waals surface area contributed by atoms with E-state index in [-0.39, 0.29) is 18.9 Å². The smallest absolute Gasteiger partial charge is 0.319 e. The fourth-order valence-electron chi connectivity index (χ4n) is 2.16. The molecule has 21 heavy (non-hydrogen) atoms. The van der Waals surface area contributed by atoms with Crippen LogP contribution < -0.4 is 20.1 Å². The number of carbonyl (C=O) groups is 1. The first-order valence-corrected chi connectivity index (χ1v) is 6.74. The predicted octanol–water partition coefficient (Wildman–Crippen LogP) is 3.30. The van der Waals surface area contributed by atoms with Crippen molar-refractivity contribution in [3.8, 4) is 11.5 Å². The molecule has 0 bridgehead atoms. The number of fused-ring (bicyclic) bond motifs is 1. The van der Waals surface area contributed by atoms with Crippen LogP contribution in [0.15, 0.2) is 48.5 Å². The minimum Gasteiger partial charge on any atom is -0.454 e. The topological polar surface area (TPSA) is 59.6 Å². The van der Waals surface area contributed by atoms with E-state index in [1.165, 1.54) is 0 Å². The average Bonchev–Trinajstić information content (AvgIpc) is 2.95. The minimum atomic E-state index is -0.259. The molecular formula is C16H16N2O3. The Labute approximate surface area is 122 Å². The normalized spacial score (nSPS) is 13.6. The van der Waals surface area contributed by atoms with Crippen LogP contribution in [-0.2, 0) is 0 Å². The number of anilines is 1. The molecule has 5 heteroatoms. The van der Waals surface area contributed by atoms with Gasteiger partial charge in [0.1, 0.15) is 0 Å². The summed E-state index contributed by atoms with van der Waals surface area (Å²) in [4.78, 5) is 12.0. The molecule has 1 aliphatic rings. The van der Waals surface area contributed by atoms with Crippen molar-refractivity contribution in [2.75, 3.05) is 12.1 Å². The zero-order valence-corrected chi connectivity index (χ0v) is 11.6. The molecule has 1 atom stereocenters. The van der Waals surface area contributed by atoms with E-state index < -0.39 is 0 Å². The molecule has 2 N–H and O–H groups in total. The Hall–Kier alpha value is -2.69. The van der Waals surface area contributed by atoms with Gasteiger partial charge >= 0.3 is 6.03 Å². The van der Waals surface area contributed by atoms with Crippen LogP contribution in [0.25, 0.3) is 0 Å². The van der Waals surface area contributed by atoms with E-state index in [1.54, 1.807) is 18.2 Å². The Morgan fingerprint density at radius 2 is 1.86 bits per heavy atom. The second-order valence-electron chi connectivity index (χ2n) is 4.80. The highest BCUT2D eigenvalue weighted by Gasteiger charge is 2.15. The molecule has 0 aromatic heterocycles. The quantitative estimate of drug-likeness (QED) is 0.909. The van der Waals surface area contributed by atoms with Gasteiger partial charge in [-0.05, 0) is 24.6 Å². The van der Waals surface area contributed by atoms with Crippen molar-refractivity contribution in [2.45, 2.75) is 13.0 Å². The molecule has 0 aliphatic carbocycles. The summed E-state index contributed by atoms with van der Waals surface area (Å²) in [7, 11) is 0. The second-order valence-corrected chi connectivity index (χ2v) is 4.80. The lowest BCUT2D eigenvalue weighted by Gasteiger charge is -2.15. The maximum atomic E-state index is 12.0. The van der Waals surface area contributed by atoms with Gasteiger partial charge in [0.05, 0.1) is 6.04 Å². The molecule has 108 valence electrons. The predicted molar refractivity (Wildman–Crippen MR) is 79.6 cm³/mol. The third-order valence-electron chi connectivity index (χ3n) is 3.28. The highest BCUT2D eigenvalue weighted by atomic mass is 16.7. The summed E-state index contributed by atoms with van der Waals surface area (Å²) in [6.07, 6.45) is 0. The molecule has 0 unspecified atom stereocenters. The van der Waals surface area contributed by atoms with Gasteiger partial charge in [-0.1, -0.05) is 30.3 Å². The highest BCUT2D eigenvalue weighted by molar-refractivity contribution is 5.90. The fraction of sp³-hybridized carbons (Fsp3) is 0.188. The number of benzene rings is 2. The third kappa shape index (κ3) is 3.08. The van der Waals surface area contributed by atoms with E-state index in [1.807, 2.05) is 37.3 Å². The SMILES string of the molecule is C[C@@H](NC(=O)Nc1ccc2c(c1)OCO2)c1ccccc1. The minimum absolute atomic E-state index is 0.0692. The van der Waals surface area contributed by atoms with Gasteiger partial charge in [0.15, 0.2) is 11.5 Å². The van der Waals surface area contributed by atoms with E-state index in [0.29, 0.717) is 17.2 Å². The highest BCUT2D eigenvalue weighted by Crippen LogP contribution is 2.34. The number of urea groups is 1. The molecule has 0 saturated carbocycles. The van der Waals surface area contributed by atoms with Crippen LogP contribution in [0, 0.1) is 0 Å². The molecule has 0 spiro atoms. The van der Waals surface area contributed by atoms with Crippen molar-refractivity contribution >= 4 is 11.7 Å². The lowest BCUT2D eigenvalue weighted by Crippen LogP contribution is -2.31. The maximum absolute atomic E-state index is 12.0. The summed E-state index contributed by atoms with van der Waals surface area (Å²) in [5, 5.41) is 5.68. The molecule has 2 aromatic carbocycles. The number of rotatable bonds is 3. The Morgan fingerprint density at radius 1 is 1.10 bits per heavy atom. The molecule has 0 fully saturated rings. The standard InChI is InChI=1S/C16H16N2O3/c1-11(12-5-3-2-4-6-12)17-16(19)18-13-7-8-14-15(9-13)21-10-20-14/h2-9,11H,10H2,1H3,(H2,17,18,19)/t11-/m1/s1. The van der Waals surface area contributed by atoms with E-state index >= 15 is 0 Å². The largest absolute Gasteiger partial charge is 0.454 e. The van der Waals surface area contributed by atoms with Gasteiger partial charge in [-0.15, -0.1) is 0 Å². The van der Waals surface area contributed by atoms with Gasteiger partial charge in [0.2, 0.25) is 6.79 Å². The summed E-state index contributed by atoms with van der Waals surface area (Å²) in [5.41, 5.74) is 1.72. The molecule has 2 amide bonds. The summed E-state index contributed by atoms with van der Waals surface area (Å²) >= 11 is 0. The van der Waals surface area contributed by atoms with Crippen LogP contribution in [0.4, 0.5) is 10.5 Å². The first-order valence-electron chi connectivity index (χ1n) is 6.74. The fourth-order valence-corrected chi connectivity index (χ4v) is 2.16. The van der Waals surface area contributed by atoms with Crippen LogP contribution in [0.1, 0.15) is 18.5 Å². The van der Waals surface area contributed by atoms with Gasteiger partial charge in [-0.2, -0.15) is 0 Å². The van der Waals surface area contributed by atoms with Crippen LogP contribution in [0.2, 0.25) is 0 Å². The Bertz CT molecular complexity index is 643. The Kier molecular flexibility index (Phi) is 3.64. The molecular weight excluding hydrogens is 268 g/mol. The van der Waals surface area contributed by atoms with Gasteiger partial charge in [-0.25, -0.2) is 4.79 Å². The molecule has 3 rings (SSSR count). The van der Waals surface area contributed by atoms with Gasteiger partial charge in [0, 0.05) is 11.8 Å². The lowest BCUT2D eigenvalue weighted by atomic mass is 10.1. The summed E-state index contributed by atoms with van der Waals surface area (Å²) in [6, 6.07) is 14.8. The number of hydrogen-bond acceptors (Lipinski definition) is 3. The number of nitrogens with one attached hydrogen (secondary N) is 2. The van der Waals surface area contributed by atoms with Crippen LogP contribution in [-0.4, -0.2) is 12.8 Å². The van der Waals surface area contributed by atoms with Crippen molar-refractivity contribution in [1.82, 2.24) is 5.32 Å². The zero-order chi connectivity index (χ0) is 14.7. The zero-order valence-electron chi connectivity index (χ0n) is 11.6. The van der Waals surface area contributed by atoms with Crippen molar-refractivity contribution in [3.63, 3.8) is 0 Å². The summed E-state index contributed by atoms with van der Waals surface area (Å²) < 4.78 is 10.5. The van der Waals surface area contributed by atoms with Crippen molar-refractivity contribution < 1.29 is 14.3 Å². The van der Waals surface area contributed by atoms with Gasteiger partial charge in [0.25, 0.3) is 0 Å². The first-order chi connectivity index (χ1) is 10.2. The summed E-state index contributed by atoms with van der Waals surface area (Å²) in [6.45, 7) is 2.16. The molecule has 1 heterocycles. The number of carbonyl (C=O) groups excluding carboxylic acids is 1. The molecule has 2 aromatic rings. The molecule has 5 nitrogen and oxygen atoms in total. The number of amides is 2. The van der Waals surface area contributed by atoms with Crippen molar-refractivity contribution in [3.05, 3.63) is 54.1 Å². The van der Waals surface area contributed by atoms with Crippen LogP contribution >= 0.6 is 0 Å². The Morgan fingerprint density at radius 3 is 2.67 bits per heavy atom. The van der Waals surface area contributed by atoms with E-state index in [0.717, 1.165) is 5.56 Å². The number of ether oxygens (including phenoxy) is 2. The van der Waals surface area contributed by atoms with Crippen molar-refractivity contribution in [1.29, 1.82) is 0 Å². The van der Waals surface area contributed by atoms with Crippen molar-refractivity contribution in [2.24, 2.45) is 0 Å². The van der Waals surface area contributed by atoms with E-state index in [4.69, 9.17) is 9.47 Å². The summed E-state index contributed by atoms with van der Waals surface area (Å²) in [5.74, 6) is 1.34. The molecule has 1 aliphatic heterocycles. The number of hydrogen-bond donors (Lipinski definition) is 2.